The van der Waals surface area contributed by atoms with Crippen molar-refractivity contribution in [2.45, 2.75) is 20.4 Å². The highest BCUT2D eigenvalue weighted by Gasteiger charge is 2.15. The smallest absolute Gasteiger partial charge is 0.321 e. The van der Waals surface area contributed by atoms with Gasteiger partial charge in [0.25, 0.3) is 5.91 Å². The van der Waals surface area contributed by atoms with Crippen LogP contribution in [0.5, 0.6) is 5.75 Å². The summed E-state index contributed by atoms with van der Waals surface area (Å²) < 4.78 is 6.28. The van der Waals surface area contributed by atoms with Crippen molar-refractivity contribution in [1.29, 1.82) is 0 Å². The molecule has 0 aliphatic rings. The van der Waals surface area contributed by atoms with Crippen molar-refractivity contribution in [3.05, 3.63) is 28.2 Å². The average molecular weight is 387 g/mol. The molecule has 0 fully saturated rings. The molecule has 1 atom stereocenters. The number of hydrogen-bond acceptors (Lipinski definition) is 3. The van der Waals surface area contributed by atoms with Crippen molar-refractivity contribution in [1.82, 2.24) is 10.6 Å². The lowest BCUT2D eigenvalue weighted by molar-refractivity contribution is -0.885. The summed E-state index contributed by atoms with van der Waals surface area (Å²) in [5.41, 5.74) is 0.997. The molecule has 0 aromatic heterocycles. The van der Waals surface area contributed by atoms with E-state index in [9.17, 15) is 9.59 Å². The summed E-state index contributed by atoms with van der Waals surface area (Å²) in [4.78, 5) is 24.4. The van der Waals surface area contributed by atoms with Gasteiger partial charge in [0.15, 0.2) is 6.54 Å². The predicted octanol–water partition coefficient (Wildman–Crippen LogP) is 0.954. The predicted molar refractivity (Wildman–Crippen MR) is 92.5 cm³/mol. The molecule has 23 heavy (non-hydrogen) atoms. The molecule has 3 amide bonds. The third-order valence-corrected chi connectivity index (χ3v) is 3.61. The Hall–Kier alpha value is -1.60. The summed E-state index contributed by atoms with van der Waals surface area (Å²) in [7, 11) is 3.51. The number of carbonyl (C=O) groups is 2. The molecule has 1 aromatic rings. The van der Waals surface area contributed by atoms with Crippen LogP contribution < -0.4 is 20.3 Å². The molecule has 0 saturated heterocycles. The normalized spacial score (nSPS) is 11.9. The van der Waals surface area contributed by atoms with E-state index in [-0.39, 0.29) is 12.5 Å². The van der Waals surface area contributed by atoms with Gasteiger partial charge in [-0.25, -0.2) is 4.79 Å². The first-order chi connectivity index (χ1) is 10.8. The Bertz CT molecular complexity index is 549. The Labute approximate surface area is 145 Å². The number of carbonyl (C=O) groups excluding carboxylic acids is 2. The van der Waals surface area contributed by atoms with Gasteiger partial charge in [0.2, 0.25) is 0 Å². The second kappa shape index (κ2) is 9.52. The molecule has 0 bridgehead atoms. The van der Waals surface area contributed by atoms with Gasteiger partial charge in [0.05, 0.1) is 14.2 Å². The first kappa shape index (κ1) is 19.4. The molecule has 1 unspecified atom stereocenters. The van der Waals surface area contributed by atoms with Gasteiger partial charge in [-0.05, 0) is 24.1 Å². The number of imide groups is 1. The number of halogens is 1. The summed E-state index contributed by atoms with van der Waals surface area (Å²) in [6, 6.07) is 5.31. The average Bonchev–Trinajstić information content (AvgIpc) is 2.45. The summed E-state index contributed by atoms with van der Waals surface area (Å²) in [5.74, 6) is 0.813. The van der Waals surface area contributed by atoms with E-state index in [2.05, 4.69) is 26.6 Å². The highest BCUT2D eigenvalue weighted by molar-refractivity contribution is 9.10. The third-order valence-electron chi connectivity index (χ3n) is 3.12. The van der Waals surface area contributed by atoms with Crippen LogP contribution >= 0.6 is 15.9 Å². The minimum atomic E-state index is -0.448. The monoisotopic (exact) mass is 386 g/mol. The number of amides is 3. The van der Waals surface area contributed by atoms with Crippen molar-refractivity contribution < 1.29 is 19.2 Å². The fourth-order valence-corrected chi connectivity index (χ4v) is 2.47. The number of ether oxygens (including phenoxy) is 1. The van der Waals surface area contributed by atoms with E-state index in [1.165, 1.54) is 0 Å². The van der Waals surface area contributed by atoms with Crippen LogP contribution in [0.25, 0.3) is 0 Å². The van der Waals surface area contributed by atoms with Crippen molar-refractivity contribution in [2.75, 3.05) is 27.2 Å². The SMILES string of the molecule is COc1ccc(Br)cc1C[NH+](C)CC(=O)NC(=O)NCC(C)C. The Morgan fingerprint density at radius 1 is 1.35 bits per heavy atom. The Kier molecular flexibility index (Phi) is 8.05. The maximum atomic E-state index is 11.9. The number of rotatable bonds is 7. The molecule has 0 radical (unpaired) electrons. The fourth-order valence-electron chi connectivity index (χ4n) is 2.06. The largest absolute Gasteiger partial charge is 0.496 e. The van der Waals surface area contributed by atoms with Crippen LogP contribution in [-0.2, 0) is 11.3 Å². The van der Waals surface area contributed by atoms with Gasteiger partial charge in [0.1, 0.15) is 12.3 Å². The first-order valence-electron chi connectivity index (χ1n) is 7.53. The van der Waals surface area contributed by atoms with E-state index in [1.54, 1.807) is 7.11 Å². The van der Waals surface area contributed by atoms with Crippen LogP contribution in [0.15, 0.2) is 22.7 Å². The van der Waals surface area contributed by atoms with Gasteiger partial charge < -0.3 is 15.0 Å². The zero-order valence-electron chi connectivity index (χ0n) is 14.0. The molecule has 0 spiro atoms. The Morgan fingerprint density at radius 2 is 2.04 bits per heavy atom. The van der Waals surface area contributed by atoms with Crippen LogP contribution in [0.1, 0.15) is 19.4 Å². The Morgan fingerprint density at radius 3 is 2.65 bits per heavy atom. The molecule has 0 aliphatic heterocycles. The molecule has 6 nitrogen and oxygen atoms in total. The summed E-state index contributed by atoms with van der Waals surface area (Å²) in [5, 5.41) is 5.00. The number of likely N-dealkylation sites (N-methyl/N-ethyl adjacent to an activating group) is 1. The third kappa shape index (κ3) is 7.47. The zero-order valence-corrected chi connectivity index (χ0v) is 15.6. The van der Waals surface area contributed by atoms with Gasteiger partial charge in [0, 0.05) is 16.6 Å². The summed E-state index contributed by atoms with van der Waals surface area (Å²) in [6.07, 6.45) is 0. The van der Waals surface area contributed by atoms with Crippen LogP contribution in [0.3, 0.4) is 0 Å². The lowest BCUT2D eigenvalue weighted by Crippen LogP contribution is -3.09. The van der Waals surface area contributed by atoms with E-state index in [1.807, 2.05) is 39.1 Å². The molecule has 1 aromatic carbocycles. The molecule has 7 heteroatoms. The highest BCUT2D eigenvalue weighted by Crippen LogP contribution is 2.21. The first-order valence-corrected chi connectivity index (χ1v) is 8.32. The molecule has 0 saturated carbocycles. The van der Waals surface area contributed by atoms with Crippen molar-refractivity contribution in [2.24, 2.45) is 5.92 Å². The summed E-state index contributed by atoms with van der Waals surface area (Å²) >= 11 is 3.43. The standard InChI is InChI=1S/C16H24BrN3O3/c1-11(2)8-18-16(22)19-15(21)10-20(3)9-12-7-13(17)5-6-14(12)23-4/h5-7,11H,8-10H2,1-4H3,(H2,18,19,21,22)/p+1. The molecule has 1 rings (SSSR count). The second-order valence-electron chi connectivity index (χ2n) is 5.92. The topological polar surface area (TPSA) is 71.9 Å². The molecule has 0 aliphatic carbocycles. The molecule has 128 valence electrons. The van der Waals surface area contributed by atoms with Crippen molar-refractivity contribution in [3.63, 3.8) is 0 Å². The zero-order chi connectivity index (χ0) is 17.4. The highest BCUT2D eigenvalue weighted by atomic mass is 79.9. The van der Waals surface area contributed by atoms with Crippen LogP contribution in [0, 0.1) is 5.92 Å². The van der Waals surface area contributed by atoms with Gasteiger partial charge in [-0.2, -0.15) is 0 Å². The van der Waals surface area contributed by atoms with Crippen LogP contribution in [0.4, 0.5) is 4.79 Å². The molecular weight excluding hydrogens is 362 g/mol. The van der Waals surface area contributed by atoms with Crippen molar-refractivity contribution >= 4 is 27.9 Å². The number of benzene rings is 1. The molecular formula is C16H25BrN3O3+. The van der Waals surface area contributed by atoms with Gasteiger partial charge in [-0.3, -0.25) is 10.1 Å². The van der Waals surface area contributed by atoms with Gasteiger partial charge >= 0.3 is 6.03 Å². The maximum absolute atomic E-state index is 11.9. The molecule has 0 heterocycles. The number of urea groups is 1. The van der Waals surface area contributed by atoms with Crippen LogP contribution in [-0.4, -0.2) is 39.2 Å². The lowest BCUT2D eigenvalue weighted by atomic mass is 10.2. The number of nitrogens with one attached hydrogen (secondary N) is 3. The maximum Gasteiger partial charge on any atom is 0.321 e. The lowest BCUT2D eigenvalue weighted by Gasteiger charge is -2.16. The van der Waals surface area contributed by atoms with E-state index >= 15 is 0 Å². The quantitative estimate of drug-likeness (QED) is 0.653. The minimum absolute atomic E-state index is 0.199. The van der Waals surface area contributed by atoms with E-state index < -0.39 is 6.03 Å². The van der Waals surface area contributed by atoms with Crippen molar-refractivity contribution in [3.8, 4) is 5.75 Å². The van der Waals surface area contributed by atoms with E-state index in [0.717, 1.165) is 20.7 Å². The fraction of sp³-hybridized carbons (Fsp3) is 0.500. The number of methoxy groups -OCH3 is 1. The second-order valence-corrected chi connectivity index (χ2v) is 6.83. The number of quaternary nitrogens is 1. The van der Waals surface area contributed by atoms with Crippen LogP contribution in [0.2, 0.25) is 0 Å². The van der Waals surface area contributed by atoms with E-state index in [4.69, 9.17) is 4.74 Å². The van der Waals surface area contributed by atoms with Gasteiger partial charge in [-0.1, -0.05) is 29.8 Å². The molecule has 3 N–H and O–H groups in total. The number of hydrogen-bond donors (Lipinski definition) is 3. The van der Waals surface area contributed by atoms with E-state index in [0.29, 0.717) is 19.0 Å². The Balaban J connectivity index is 2.50. The minimum Gasteiger partial charge on any atom is -0.496 e. The summed E-state index contributed by atoms with van der Waals surface area (Å²) in [6.45, 7) is 5.34. The van der Waals surface area contributed by atoms with Gasteiger partial charge in [-0.15, -0.1) is 0 Å².